The minimum atomic E-state index is -0.878. The molecule has 0 aliphatic rings. The Morgan fingerprint density at radius 2 is 2.00 bits per heavy atom. The lowest BCUT2D eigenvalue weighted by Gasteiger charge is -2.13. The number of aromatic nitrogens is 1. The number of benzene rings is 2. The Morgan fingerprint density at radius 3 is 2.72 bits per heavy atom. The van der Waals surface area contributed by atoms with Gasteiger partial charge in [0.25, 0.3) is 0 Å². The van der Waals surface area contributed by atoms with Crippen molar-refractivity contribution in [3.05, 3.63) is 64.9 Å². The molecule has 2 aromatic carbocycles. The highest BCUT2D eigenvalue weighted by Gasteiger charge is 2.15. The number of phenols is 1. The number of aliphatic carboxylic acids is 1. The van der Waals surface area contributed by atoms with Gasteiger partial charge in [-0.25, -0.2) is 9.37 Å². The van der Waals surface area contributed by atoms with Crippen LogP contribution in [0.2, 0.25) is 5.02 Å². The summed E-state index contributed by atoms with van der Waals surface area (Å²) in [7, 11) is 0. The van der Waals surface area contributed by atoms with Gasteiger partial charge in [-0.15, -0.1) is 0 Å². The maximum absolute atomic E-state index is 14.5. The molecule has 5 nitrogen and oxygen atoms in total. The van der Waals surface area contributed by atoms with Crippen molar-refractivity contribution >= 4 is 23.4 Å². The molecule has 1 aromatic heterocycles. The van der Waals surface area contributed by atoms with Gasteiger partial charge in [-0.1, -0.05) is 29.3 Å². The molecule has 7 heteroatoms. The summed E-state index contributed by atoms with van der Waals surface area (Å²) in [5.41, 5.74) is 2.62. The fourth-order valence-electron chi connectivity index (χ4n) is 2.99. The van der Waals surface area contributed by atoms with E-state index >= 15 is 0 Å². The first-order valence-corrected chi connectivity index (χ1v) is 9.45. The van der Waals surface area contributed by atoms with Crippen LogP contribution in [0, 0.1) is 12.7 Å². The van der Waals surface area contributed by atoms with Gasteiger partial charge in [-0.3, -0.25) is 4.79 Å². The van der Waals surface area contributed by atoms with Crippen LogP contribution >= 0.6 is 11.6 Å². The second-order valence-electron chi connectivity index (χ2n) is 6.67. The third-order valence-electron chi connectivity index (χ3n) is 4.38. The molecule has 150 valence electrons. The van der Waals surface area contributed by atoms with E-state index in [0.717, 1.165) is 5.56 Å². The maximum atomic E-state index is 14.5. The fraction of sp³-hybridized carbons (Fsp3) is 0.182. The Kier molecular flexibility index (Phi) is 6.34. The van der Waals surface area contributed by atoms with E-state index in [0.29, 0.717) is 35.6 Å². The summed E-state index contributed by atoms with van der Waals surface area (Å²) < 4.78 is 14.5. The van der Waals surface area contributed by atoms with Crippen LogP contribution in [0.4, 0.5) is 10.2 Å². The number of nitrogens with one attached hydrogen (secondary N) is 1. The number of aryl methyl sites for hydroxylation is 1. The molecule has 0 spiro atoms. The van der Waals surface area contributed by atoms with Crippen molar-refractivity contribution in [2.24, 2.45) is 0 Å². The van der Waals surface area contributed by atoms with E-state index in [9.17, 15) is 14.3 Å². The van der Waals surface area contributed by atoms with Gasteiger partial charge in [-0.05, 0) is 55.3 Å². The summed E-state index contributed by atoms with van der Waals surface area (Å²) >= 11 is 6.24. The standard InChI is InChI=1S/C22H20ClFN2O3/c1-13-7-8-19(27)15(10-13)18-11-14(22-16(23)4-2-5-17(22)24)12-20(26-18)25-9-3-6-21(28)29/h2,4-5,7-8,10-12,27H,3,6,9H2,1H3,(H,25,26)(H,28,29). The summed E-state index contributed by atoms with van der Waals surface area (Å²) in [6, 6.07) is 12.9. The monoisotopic (exact) mass is 414 g/mol. The summed E-state index contributed by atoms with van der Waals surface area (Å²) in [6.07, 6.45) is 0.435. The minimum absolute atomic E-state index is 0.0252. The van der Waals surface area contributed by atoms with E-state index in [1.54, 1.807) is 36.4 Å². The van der Waals surface area contributed by atoms with E-state index in [2.05, 4.69) is 10.3 Å². The van der Waals surface area contributed by atoms with Crippen molar-refractivity contribution in [3.8, 4) is 28.1 Å². The van der Waals surface area contributed by atoms with Crippen molar-refractivity contribution in [1.29, 1.82) is 0 Å². The lowest BCUT2D eigenvalue weighted by Crippen LogP contribution is -2.07. The van der Waals surface area contributed by atoms with Gasteiger partial charge in [0.15, 0.2) is 0 Å². The SMILES string of the molecule is Cc1ccc(O)c(-c2cc(-c3c(F)cccc3Cl)cc(NCCCC(=O)O)n2)c1. The number of pyridine rings is 1. The van der Waals surface area contributed by atoms with Crippen molar-refractivity contribution < 1.29 is 19.4 Å². The lowest BCUT2D eigenvalue weighted by molar-refractivity contribution is -0.137. The zero-order valence-electron chi connectivity index (χ0n) is 15.7. The Bertz CT molecular complexity index is 1040. The molecule has 0 saturated carbocycles. The maximum Gasteiger partial charge on any atom is 0.303 e. The number of carboxylic acid groups (broad SMARTS) is 1. The summed E-state index contributed by atoms with van der Waals surface area (Å²) in [4.78, 5) is 15.2. The zero-order chi connectivity index (χ0) is 21.0. The highest BCUT2D eigenvalue weighted by Crippen LogP contribution is 2.36. The minimum Gasteiger partial charge on any atom is -0.507 e. The van der Waals surface area contributed by atoms with Gasteiger partial charge in [0.1, 0.15) is 17.4 Å². The topological polar surface area (TPSA) is 82.5 Å². The first kappa shape index (κ1) is 20.6. The van der Waals surface area contributed by atoms with E-state index in [4.69, 9.17) is 16.7 Å². The van der Waals surface area contributed by atoms with Gasteiger partial charge in [0.05, 0.1) is 10.7 Å². The molecule has 0 radical (unpaired) electrons. The van der Waals surface area contributed by atoms with E-state index < -0.39 is 11.8 Å². The number of halogens is 2. The van der Waals surface area contributed by atoms with Crippen LogP contribution in [0.3, 0.4) is 0 Å². The van der Waals surface area contributed by atoms with Gasteiger partial charge < -0.3 is 15.5 Å². The van der Waals surface area contributed by atoms with Crippen LogP contribution in [-0.2, 0) is 4.79 Å². The lowest BCUT2D eigenvalue weighted by atomic mass is 10.0. The number of nitrogens with zero attached hydrogens (tertiary/aromatic N) is 1. The molecule has 29 heavy (non-hydrogen) atoms. The second-order valence-corrected chi connectivity index (χ2v) is 7.07. The van der Waals surface area contributed by atoms with Crippen LogP contribution in [0.1, 0.15) is 18.4 Å². The highest BCUT2D eigenvalue weighted by atomic mass is 35.5. The van der Waals surface area contributed by atoms with Crippen LogP contribution in [0.25, 0.3) is 22.4 Å². The summed E-state index contributed by atoms with van der Waals surface area (Å²) in [5, 5.41) is 22.4. The molecule has 1 heterocycles. The zero-order valence-corrected chi connectivity index (χ0v) is 16.5. The predicted octanol–water partition coefficient (Wildman–Crippen LogP) is 5.50. The second kappa shape index (κ2) is 8.92. The molecule has 0 fully saturated rings. The number of hydrogen-bond donors (Lipinski definition) is 3. The van der Waals surface area contributed by atoms with Crippen molar-refractivity contribution in [3.63, 3.8) is 0 Å². The average molecular weight is 415 g/mol. The molecule has 0 aliphatic heterocycles. The average Bonchev–Trinajstić information content (AvgIpc) is 2.67. The van der Waals surface area contributed by atoms with Crippen molar-refractivity contribution in [2.45, 2.75) is 19.8 Å². The molecular weight excluding hydrogens is 395 g/mol. The molecule has 0 unspecified atom stereocenters. The molecule has 3 rings (SSSR count). The molecule has 0 amide bonds. The quantitative estimate of drug-likeness (QED) is 0.445. The normalized spacial score (nSPS) is 10.7. The summed E-state index contributed by atoms with van der Waals surface area (Å²) in [6.45, 7) is 2.28. The Balaban J connectivity index is 2.07. The first-order valence-electron chi connectivity index (χ1n) is 9.07. The van der Waals surface area contributed by atoms with E-state index in [1.165, 1.54) is 12.1 Å². The third-order valence-corrected chi connectivity index (χ3v) is 4.69. The van der Waals surface area contributed by atoms with Gasteiger partial charge in [0.2, 0.25) is 0 Å². The highest BCUT2D eigenvalue weighted by molar-refractivity contribution is 6.33. The van der Waals surface area contributed by atoms with Crippen LogP contribution in [0.5, 0.6) is 5.75 Å². The predicted molar refractivity (Wildman–Crippen MR) is 112 cm³/mol. The number of carboxylic acids is 1. The Labute approximate surface area is 172 Å². The molecule has 0 bridgehead atoms. The van der Waals surface area contributed by atoms with Crippen LogP contribution in [0.15, 0.2) is 48.5 Å². The van der Waals surface area contributed by atoms with Crippen LogP contribution in [-0.4, -0.2) is 27.7 Å². The van der Waals surface area contributed by atoms with Gasteiger partial charge in [0, 0.05) is 24.1 Å². The van der Waals surface area contributed by atoms with Crippen LogP contribution < -0.4 is 5.32 Å². The number of phenolic OH excluding ortho intramolecular Hbond substituents is 1. The first-order chi connectivity index (χ1) is 13.8. The molecule has 3 aromatic rings. The number of anilines is 1. The largest absolute Gasteiger partial charge is 0.507 e. The molecular formula is C22H20ClFN2O3. The van der Waals surface area contributed by atoms with Gasteiger partial charge >= 0.3 is 5.97 Å². The molecule has 0 aliphatic carbocycles. The Hall–Kier alpha value is -3.12. The summed E-state index contributed by atoms with van der Waals surface area (Å²) in [5.74, 6) is -0.864. The molecule has 0 atom stereocenters. The van der Waals surface area contributed by atoms with Crippen molar-refractivity contribution in [2.75, 3.05) is 11.9 Å². The number of hydrogen-bond acceptors (Lipinski definition) is 4. The number of rotatable bonds is 7. The number of aromatic hydroxyl groups is 1. The smallest absolute Gasteiger partial charge is 0.303 e. The van der Waals surface area contributed by atoms with E-state index in [-0.39, 0.29) is 22.8 Å². The fourth-order valence-corrected chi connectivity index (χ4v) is 3.26. The van der Waals surface area contributed by atoms with Gasteiger partial charge in [-0.2, -0.15) is 0 Å². The number of carbonyl (C=O) groups is 1. The third kappa shape index (κ3) is 5.03. The molecule has 3 N–H and O–H groups in total. The van der Waals surface area contributed by atoms with Crippen molar-refractivity contribution in [1.82, 2.24) is 4.98 Å². The Morgan fingerprint density at radius 1 is 1.21 bits per heavy atom. The molecule has 0 saturated heterocycles. The van der Waals surface area contributed by atoms with E-state index in [1.807, 2.05) is 6.92 Å².